The number of nitrogens with zero attached hydrogens (tertiary/aromatic N) is 4. The molecule has 10 heteroatoms. The number of thiophene rings is 1. The number of fused-ring (bicyclic) bond motifs is 1. The van der Waals surface area contributed by atoms with Gasteiger partial charge in [-0.3, -0.25) is 4.79 Å². The van der Waals surface area contributed by atoms with Crippen LogP contribution >= 0.6 is 11.3 Å². The van der Waals surface area contributed by atoms with E-state index in [1.165, 1.54) is 11.3 Å². The molecule has 0 saturated carbocycles. The first kappa shape index (κ1) is 22.4. The molecule has 0 amide bonds. The van der Waals surface area contributed by atoms with Gasteiger partial charge < -0.3 is 15.2 Å². The number of carbonyl (C=O) groups is 2. The van der Waals surface area contributed by atoms with Crippen molar-refractivity contribution < 1.29 is 19.1 Å². The van der Waals surface area contributed by atoms with Crippen molar-refractivity contribution in [3.8, 4) is 5.69 Å². The van der Waals surface area contributed by atoms with Gasteiger partial charge in [0.2, 0.25) is 0 Å². The molecule has 0 aliphatic rings. The van der Waals surface area contributed by atoms with Crippen molar-refractivity contribution in [2.24, 2.45) is 0 Å². The summed E-state index contributed by atoms with van der Waals surface area (Å²) in [5.41, 5.74) is 8.66. The van der Waals surface area contributed by atoms with Crippen molar-refractivity contribution in [1.82, 2.24) is 19.7 Å². The first-order valence-electron chi connectivity index (χ1n) is 10.4. The highest BCUT2D eigenvalue weighted by atomic mass is 32.1. The molecule has 0 bridgehead atoms. The monoisotopic (exact) mass is 465 g/mol. The van der Waals surface area contributed by atoms with Crippen LogP contribution in [0.25, 0.3) is 15.9 Å². The Kier molecular flexibility index (Phi) is 6.64. The number of nitrogen functional groups attached to an aromatic ring is 1. The summed E-state index contributed by atoms with van der Waals surface area (Å²) in [6, 6.07) is 9.74. The van der Waals surface area contributed by atoms with Gasteiger partial charge in [-0.1, -0.05) is 18.2 Å². The van der Waals surface area contributed by atoms with Crippen LogP contribution in [0.1, 0.15) is 40.0 Å². The van der Waals surface area contributed by atoms with Crippen LogP contribution in [0.2, 0.25) is 0 Å². The minimum Gasteiger partial charge on any atom is -0.462 e. The number of para-hydroxylation sites is 1. The maximum atomic E-state index is 12.2. The van der Waals surface area contributed by atoms with Gasteiger partial charge in [-0.05, 0) is 43.5 Å². The van der Waals surface area contributed by atoms with Crippen molar-refractivity contribution >= 4 is 39.3 Å². The van der Waals surface area contributed by atoms with Gasteiger partial charge in [-0.25, -0.2) is 19.4 Å². The van der Waals surface area contributed by atoms with E-state index < -0.39 is 5.97 Å². The van der Waals surface area contributed by atoms with Gasteiger partial charge in [0.15, 0.2) is 12.4 Å². The first-order valence-corrected chi connectivity index (χ1v) is 11.2. The van der Waals surface area contributed by atoms with E-state index in [0.717, 1.165) is 11.3 Å². The largest absolute Gasteiger partial charge is 0.462 e. The summed E-state index contributed by atoms with van der Waals surface area (Å²) in [5.74, 6) is -0.272. The molecule has 0 aliphatic carbocycles. The molecule has 3 aromatic heterocycles. The lowest BCUT2D eigenvalue weighted by Crippen LogP contribution is -2.09. The molecule has 1 aromatic carbocycles. The van der Waals surface area contributed by atoms with E-state index in [9.17, 15) is 9.59 Å². The maximum absolute atomic E-state index is 12.2. The lowest BCUT2D eigenvalue weighted by molar-refractivity contribution is -0.145. The number of hydrogen-bond donors (Lipinski definition) is 1. The highest BCUT2D eigenvalue weighted by molar-refractivity contribution is 7.20. The van der Waals surface area contributed by atoms with E-state index in [1.807, 2.05) is 36.5 Å². The van der Waals surface area contributed by atoms with Gasteiger partial charge in [0, 0.05) is 12.6 Å². The molecule has 9 nitrogen and oxygen atoms in total. The summed E-state index contributed by atoms with van der Waals surface area (Å²) < 4.78 is 12.2. The predicted octanol–water partition coefficient (Wildman–Crippen LogP) is 3.62. The molecule has 0 atom stereocenters. The molecule has 0 saturated heterocycles. The smallest absolute Gasteiger partial charge is 0.348 e. The molecule has 4 rings (SSSR count). The Balaban J connectivity index is 1.37. The minimum atomic E-state index is -0.416. The summed E-state index contributed by atoms with van der Waals surface area (Å²) in [5, 5.41) is 4.95. The third-order valence-electron chi connectivity index (χ3n) is 4.96. The molecule has 0 unspecified atom stereocenters. The van der Waals surface area contributed by atoms with Crippen LogP contribution in [0.15, 0.2) is 42.7 Å². The van der Waals surface area contributed by atoms with Crippen LogP contribution in [-0.2, 0) is 27.3 Å². The van der Waals surface area contributed by atoms with Crippen LogP contribution in [-0.4, -0.2) is 38.3 Å². The number of rotatable bonds is 8. The molecule has 170 valence electrons. The minimum absolute atomic E-state index is 0.103. The highest BCUT2D eigenvalue weighted by Crippen LogP contribution is 2.33. The molecular weight excluding hydrogens is 442 g/mol. The fraction of sp³-hybridized carbons (Fsp3) is 0.261. The third kappa shape index (κ3) is 5.01. The molecule has 0 fully saturated rings. The standard InChI is InChI=1S/C23H23N5O4S/c1-3-31-23(30)20-14(2)19-21(24)26-17(27-22(19)33-20)13-32-18(29)10-9-15-11-25-28(12-15)16-7-5-4-6-8-16/h4-8,11-12H,3,9-10,13H2,1-2H3,(H2,24,26,27). The summed E-state index contributed by atoms with van der Waals surface area (Å²) in [7, 11) is 0. The van der Waals surface area contributed by atoms with Crippen molar-refractivity contribution in [3.63, 3.8) is 0 Å². The molecule has 4 aromatic rings. The fourth-order valence-electron chi connectivity index (χ4n) is 3.35. The Morgan fingerprint density at radius 1 is 1.15 bits per heavy atom. The zero-order valence-electron chi connectivity index (χ0n) is 18.3. The van der Waals surface area contributed by atoms with Crippen LogP contribution < -0.4 is 5.73 Å². The van der Waals surface area contributed by atoms with Gasteiger partial charge in [-0.2, -0.15) is 5.10 Å². The molecule has 0 spiro atoms. The summed E-state index contributed by atoms with van der Waals surface area (Å²) in [6.07, 6.45) is 4.32. The second-order valence-corrected chi connectivity index (χ2v) is 8.27. The molecular formula is C23H23N5O4S. The maximum Gasteiger partial charge on any atom is 0.348 e. The zero-order chi connectivity index (χ0) is 23.4. The Labute approximate surface area is 194 Å². The molecule has 3 heterocycles. The predicted molar refractivity (Wildman–Crippen MR) is 124 cm³/mol. The van der Waals surface area contributed by atoms with Gasteiger partial charge in [0.1, 0.15) is 15.5 Å². The Hall–Kier alpha value is -3.79. The number of aromatic nitrogens is 4. The van der Waals surface area contributed by atoms with E-state index in [4.69, 9.17) is 15.2 Å². The number of anilines is 1. The molecule has 2 N–H and O–H groups in total. The van der Waals surface area contributed by atoms with Gasteiger partial charge in [0.05, 0.1) is 23.9 Å². The number of hydrogen-bond acceptors (Lipinski definition) is 9. The van der Waals surface area contributed by atoms with Gasteiger partial charge in [0.25, 0.3) is 0 Å². The lowest BCUT2D eigenvalue weighted by atomic mass is 10.2. The van der Waals surface area contributed by atoms with Crippen molar-refractivity contribution in [1.29, 1.82) is 0 Å². The van der Waals surface area contributed by atoms with E-state index >= 15 is 0 Å². The molecule has 0 radical (unpaired) electrons. The Morgan fingerprint density at radius 2 is 1.94 bits per heavy atom. The van der Waals surface area contributed by atoms with Gasteiger partial charge in [-0.15, -0.1) is 11.3 Å². The average Bonchev–Trinajstić information content (AvgIpc) is 3.42. The number of benzene rings is 1. The topological polar surface area (TPSA) is 122 Å². The van der Waals surface area contributed by atoms with Gasteiger partial charge >= 0.3 is 11.9 Å². The quantitative estimate of drug-likeness (QED) is 0.392. The summed E-state index contributed by atoms with van der Waals surface area (Å²) in [4.78, 5) is 34.0. The molecule has 33 heavy (non-hydrogen) atoms. The van der Waals surface area contributed by atoms with Crippen LogP contribution in [0, 0.1) is 6.92 Å². The van der Waals surface area contributed by atoms with E-state index in [1.54, 1.807) is 24.7 Å². The van der Waals surface area contributed by atoms with E-state index in [-0.39, 0.29) is 37.2 Å². The van der Waals surface area contributed by atoms with Crippen LogP contribution in [0.3, 0.4) is 0 Å². The normalized spacial score (nSPS) is 11.0. The zero-order valence-corrected chi connectivity index (χ0v) is 19.1. The number of aryl methyl sites for hydroxylation is 2. The van der Waals surface area contributed by atoms with Crippen molar-refractivity contribution in [2.45, 2.75) is 33.3 Å². The third-order valence-corrected chi connectivity index (χ3v) is 6.13. The SMILES string of the molecule is CCOC(=O)c1sc2nc(COC(=O)CCc3cnn(-c4ccccc4)c3)nc(N)c2c1C. The number of carbonyl (C=O) groups excluding carboxylic acids is 2. The van der Waals surface area contributed by atoms with E-state index in [2.05, 4.69) is 15.1 Å². The van der Waals surface area contributed by atoms with Crippen LogP contribution in [0.4, 0.5) is 5.82 Å². The van der Waals surface area contributed by atoms with Crippen LogP contribution in [0.5, 0.6) is 0 Å². The fourth-order valence-corrected chi connectivity index (χ4v) is 4.45. The average molecular weight is 466 g/mol. The van der Waals surface area contributed by atoms with Crippen molar-refractivity contribution in [3.05, 3.63) is 64.6 Å². The number of ether oxygens (including phenoxy) is 2. The second kappa shape index (κ2) is 9.78. The Bertz CT molecular complexity index is 1300. The summed E-state index contributed by atoms with van der Waals surface area (Å²) >= 11 is 1.19. The number of nitrogens with two attached hydrogens (primary N) is 1. The first-order chi connectivity index (χ1) is 16.0. The van der Waals surface area contributed by atoms with Crippen molar-refractivity contribution in [2.75, 3.05) is 12.3 Å². The molecule has 0 aliphatic heterocycles. The van der Waals surface area contributed by atoms with E-state index in [0.29, 0.717) is 27.1 Å². The Morgan fingerprint density at radius 3 is 2.70 bits per heavy atom. The lowest BCUT2D eigenvalue weighted by Gasteiger charge is -2.05. The number of esters is 2. The highest BCUT2D eigenvalue weighted by Gasteiger charge is 2.20. The summed E-state index contributed by atoms with van der Waals surface area (Å²) in [6.45, 7) is 3.71. The second-order valence-electron chi connectivity index (χ2n) is 7.27.